The normalized spacial score (nSPS) is 34.6. The summed E-state index contributed by atoms with van der Waals surface area (Å²) in [6.45, 7) is 5.97. The van der Waals surface area contributed by atoms with Crippen LogP contribution in [0.5, 0.6) is 0 Å². The molecular weight excluding hydrogens is 202 g/mol. The van der Waals surface area contributed by atoms with Gasteiger partial charge < -0.3 is 10.6 Å². The monoisotopic (exact) mass is 225 g/mol. The summed E-state index contributed by atoms with van der Waals surface area (Å²) in [5, 5.41) is 0. The molecule has 1 amide bonds. The Hall–Kier alpha value is -0.610. The van der Waals surface area contributed by atoms with E-state index in [0.717, 1.165) is 32.4 Å². The lowest BCUT2D eigenvalue weighted by Gasteiger charge is -2.47. The Morgan fingerprint density at radius 3 is 2.12 bits per heavy atom. The largest absolute Gasteiger partial charge is 0.338 e. The lowest BCUT2D eigenvalue weighted by molar-refractivity contribution is -0.144. The molecule has 0 aromatic carbocycles. The van der Waals surface area contributed by atoms with E-state index in [1.165, 1.54) is 0 Å². The first-order chi connectivity index (χ1) is 7.44. The molecule has 2 atom stereocenters. The smallest absolute Gasteiger partial charge is 0.242 e. The van der Waals surface area contributed by atoms with Crippen LogP contribution in [-0.4, -0.2) is 53.5 Å². The molecule has 2 rings (SSSR count). The number of hydrogen-bond donors (Lipinski definition) is 1. The number of carbonyl (C=O) groups excluding carboxylic acids is 1. The summed E-state index contributed by atoms with van der Waals surface area (Å²) in [7, 11) is 2.12. The summed E-state index contributed by atoms with van der Waals surface area (Å²) in [4.78, 5) is 16.6. The van der Waals surface area contributed by atoms with Crippen molar-refractivity contribution in [3.63, 3.8) is 0 Å². The van der Waals surface area contributed by atoms with E-state index in [1.807, 2.05) is 4.90 Å². The Bertz CT molecular complexity index is 276. The SMILES string of the molecule is CC1CN(C(=O)C2(N)CCC2)CC(C)N1C. The standard InChI is InChI=1S/C12H23N3O/c1-9-7-15(8-10(2)14(9)3)11(16)12(13)5-4-6-12/h9-10H,4-8,13H2,1-3H3. The predicted octanol–water partition coefficient (Wildman–Crippen LogP) is 0.419. The minimum Gasteiger partial charge on any atom is -0.338 e. The fourth-order valence-corrected chi connectivity index (χ4v) is 2.66. The van der Waals surface area contributed by atoms with Gasteiger partial charge in [-0.1, -0.05) is 0 Å². The van der Waals surface area contributed by atoms with Gasteiger partial charge in [0.2, 0.25) is 5.91 Å². The molecule has 1 saturated carbocycles. The Kier molecular flexibility index (Phi) is 2.97. The van der Waals surface area contributed by atoms with Crippen LogP contribution < -0.4 is 5.73 Å². The average Bonchev–Trinajstić information content (AvgIpc) is 2.20. The van der Waals surface area contributed by atoms with Crippen LogP contribution in [0.1, 0.15) is 33.1 Å². The first kappa shape index (κ1) is 11.9. The van der Waals surface area contributed by atoms with E-state index < -0.39 is 5.54 Å². The maximum atomic E-state index is 12.3. The van der Waals surface area contributed by atoms with E-state index in [0.29, 0.717) is 12.1 Å². The number of carbonyl (C=O) groups is 1. The molecule has 1 heterocycles. The Labute approximate surface area is 97.8 Å². The Morgan fingerprint density at radius 2 is 1.75 bits per heavy atom. The van der Waals surface area contributed by atoms with Gasteiger partial charge in [-0.3, -0.25) is 9.69 Å². The van der Waals surface area contributed by atoms with Gasteiger partial charge in [-0.2, -0.15) is 0 Å². The molecule has 92 valence electrons. The van der Waals surface area contributed by atoms with Gasteiger partial charge in [-0.15, -0.1) is 0 Å². The highest BCUT2D eigenvalue weighted by atomic mass is 16.2. The summed E-state index contributed by atoms with van der Waals surface area (Å²) in [6, 6.07) is 0.854. The molecule has 0 aromatic heterocycles. The summed E-state index contributed by atoms with van der Waals surface area (Å²) in [5.41, 5.74) is 5.57. The second-order valence-electron chi connectivity index (χ2n) is 5.58. The molecule has 0 spiro atoms. The molecule has 2 N–H and O–H groups in total. The van der Waals surface area contributed by atoms with Crippen LogP contribution >= 0.6 is 0 Å². The van der Waals surface area contributed by atoms with Crippen LogP contribution in [0.15, 0.2) is 0 Å². The molecule has 4 nitrogen and oxygen atoms in total. The highest BCUT2D eigenvalue weighted by Crippen LogP contribution is 2.31. The zero-order chi connectivity index (χ0) is 11.9. The van der Waals surface area contributed by atoms with Gasteiger partial charge in [0, 0.05) is 25.2 Å². The summed E-state index contributed by atoms with van der Waals surface area (Å²) in [5.74, 6) is 0.172. The van der Waals surface area contributed by atoms with Crippen molar-refractivity contribution in [2.45, 2.75) is 50.7 Å². The van der Waals surface area contributed by atoms with Gasteiger partial charge in [0.15, 0.2) is 0 Å². The minimum absolute atomic E-state index is 0.172. The van der Waals surface area contributed by atoms with Gasteiger partial charge in [0.1, 0.15) is 0 Å². The number of likely N-dealkylation sites (N-methyl/N-ethyl adjacent to an activating group) is 1. The molecule has 2 fully saturated rings. The van der Waals surface area contributed by atoms with E-state index in [-0.39, 0.29) is 5.91 Å². The number of amides is 1. The third-order valence-electron chi connectivity index (χ3n) is 4.32. The second kappa shape index (κ2) is 4.00. The fourth-order valence-electron chi connectivity index (χ4n) is 2.66. The van der Waals surface area contributed by atoms with Gasteiger partial charge in [0.25, 0.3) is 0 Å². The molecule has 2 unspecified atom stereocenters. The lowest BCUT2D eigenvalue weighted by Crippen LogP contribution is -2.65. The van der Waals surface area contributed by atoms with Crippen LogP contribution in [0.4, 0.5) is 0 Å². The molecule has 0 radical (unpaired) electrons. The van der Waals surface area contributed by atoms with Gasteiger partial charge in [-0.25, -0.2) is 0 Å². The maximum absolute atomic E-state index is 12.3. The lowest BCUT2D eigenvalue weighted by atomic mass is 9.76. The Morgan fingerprint density at radius 1 is 1.25 bits per heavy atom. The summed E-state index contributed by atoms with van der Waals surface area (Å²) < 4.78 is 0. The first-order valence-electron chi connectivity index (χ1n) is 6.24. The van der Waals surface area contributed by atoms with E-state index >= 15 is 0 Å². The molecular formula is C12H23N3O. The van der Waals surface area contributed by atoms with Crippen LogP contribution in [0, 0.1) is 0 Å². The average molecular weight is 225 g/mol. The summed E-state index contributed by atoms with van der Waals surface area (Å²) >= 11 is 0. The Balaban J connectivity index is 2.02. The molecule has 16 heavy (non-hydrogen) atoms. The van der Waals surface area contributed by atoms with E-state index in [2.05, 4.69) is 25.8 Å². The van der Waals surface area contributed by atoms with Crippen LogP contribution in [0.3, 0.4) is 0 Å². The zero-order valence-electron chi connectivity index (χ0n) is 10.6. The minimum atomic E-state index is -0.532. The van der Waals surface area contributed by atoms with Crippen molar-refractivity contribution in [2.24, 2.45) is 5.73 Å². The molecule has 4 heteroatoms. The van der Waals surface area contributed by atoms with Crippen molar-refractivity contribution in [3.8, 4) is 0 Å². The van der Waals surface area contributed by atoms with Crippen LogP contribution in [0.2, 0.25) is 0 Å². The van der Waals surface area contributed by atoms with Crippen molar-refractivity contribution in [1.29, 1.82) is 0 Å². The molecule has 0 bridgehead atoms. The van der Waals surface area contributed by atoms with Crippen molar-refractivity contribution >= 4 is 5.91 Å². The van der Waals surface area contributed by atoms with Crippen molar-refractivity contribution in [3.05, 3.63) is 0 Å². The molecule has 1 aliphatic carbocycles. The predicted molar refractivity (Wildman–Crippen MR) is 64.0 cm³/mol. The molecule has 1 saturated heterocycles. The van der Waals surface area contributed by atoms with Crippen molar-refractivity contribution in [2.75, 3.05) is 20.1 Å². The van der Waals surface area contributed by atoms with Crippen LogP contribution in [0.25, 0.3) is 0 Å². The highest BCUT2D eigenvalue weighted by Gasteiger charge is 2.44. The van der Waals surface area contributed by atoms with Crippen molar-refractivity contribution in [1.82, 2.24) is 9.80 Å². The molecule has 0 aromatic rings. The van der Waals surface area contributed by atoms with Crippen LogP contribution in [-0.2, 0) is 4.79 Å². The third kappa shape index (κ3) is 1.84. The number of nitrogens with zero attached hydrogens (tertiary/aromatic N) is 2. The van der Waals surface area contributed by atoms with E-state index in [1.54, 1.807) is 0 Å². The van der Waals surface area contributed by atoms with E-state index in [4.69, 9.17) is 5.73 Å². The molecule has 2 aliphatic rings. The zero-order valence-corrected chi connectivity index (χ0v) is 10.6. The molecule has 1 aliphatic heterocycles. The van der Waals surface area contributed by atoms with E-state index in [9.17, 15) is 4.79 Å². The first-order valence-corrected chi connectivity index (χ1v) is 6.24. The van der Waals surface area contributed by atoms with Gasteiger partial charge >= 0.3 is 0 Å². The number of piperazine rings is 1. The quantitative estimate of drug-likeness (QED) is 0.703. The topological polar surface area (TPSA) is 49.6 Å². The van der Waals surface area contributed by atoms with Crippen molar-refractivity contribution < 1.29 is 4.79 Å². The number of rotatable bonds is 1. The maximum Gasteiger partial charge on any atom is 0.242 e. The highest BCUT2D eigenvalue weighted by molar-refractivity contribution is 5.87. The fraction of sp³-hybridized carbons (Fsp3) is 0.917. The number of hydrogen-bond acceptors (Lipinski definition) is 3. The third-order valence-corrected chi connectivity index (χ3v) is 4.32. The number of nitrogens with two attached hydrogens (primary N) is 1. The second-order valence-corrected chi connectivity index (χ2v) is 5.58. The van der Waals surface area contributed by atoms with Gasteiger partial charge in [0.05, 0.1) is 5.54 Å². The van der Waals surface area contributed by atoms with Gasteiger partial charge in [-0.05, 0) is 40.2 Å². The summed E-state index contributed by atoms with van der Waals surface area (Å²) in [6.07, 6.45) is 2.82.